The van der Waals surface area contributed by atoms with Gasteiger partial charge in [0.2, 0.25) is 5.89 Å². The number of fused-ring (bicyclic) bond motifs is 1. The molecule has 1 atom stereocenters. The number of carbonyl (C=O) groups is 1. The van der Waals surface area contributed by atoms with Gasteiger partial charge in [0.1, 0.15) is 6.04 Å². The van der Waals surface area contributed by atoms with E-state index in [2.05, 4.69) is 24.0 Å². The van der Waals surface area contributed by atoms with Crippen LogP contribution in [0.2, 0.25) is 0 Å². The lowest BCUT2D eigenvalue weighted by Gasteiger charge is -2.23. The average Bonchev–Trinajstić information content (AvgIpc) is 3.06. The van der Waals surface area contributed by atoms with E-state index in [1.54, 1.807) is 0 Å². The van der Waals surface area contributed by atoms with Crippen molar-refractivity contribution in [3.05, 3.63) is 47.1 Å². The maximum atomic E-state index is 12.6. The van der Waals surface area contributed by atoms with Gasteiger partial charge in [-0.3, -0.25) is 4.79 Å². The van der Waals surface area contributed by atoms with E-state index in [9.17, 15) is 4.79 Å². The molecule has 2 aromatic rings. The highest BCUT2D eigenvalue weighted by Crippen LogP contribution is 2.32. The first-order valence-electron chi connectivity index (χ1n) is 7.81. The van der Waals surface area contributed by atoms with Crippen molar-refractivity contribution in [2.45, 2.75) is 46.2 Å². The van der Waals surface area contributed by atoms with Crippen LogP contribution in [0.5, 0.6) is 0 Å². The third-order valence-electron chi connectivity index (χ3n) is 3.97. The summed E-state index contributed by atoms with van der Waals surface area (Å²) in [5.74, 6) is 1.78. The van der Waals surface area contributed by atoms with Crippen LogP contribution < -0.4 is 0 Å². The van der Waals surface area contributed by atoms with Crippen molar-refractivity contribution in [3.63, 3.8) is 0 Å². The van der Waals surface area contributed by atoms with Crippen LogP contribution in [0.4, 0.5) is 0 Å². The molecule has 1 aliphatic rings. The Balaban J connectivity index is 1.84. The Morgan fingerprint density at radius 3 is 2.77 bits per heavy atom. The number of benzene rings is 1. The van der Waals surface area contributed by atoms with Crippen molar-refractivity contribution < 1.29 is 9.32 Å². The topological polar surface area (TPSA) is 59.2 Å². The summed E-state index contributed by atoms with van der Waals surface area (Å²) in [5, 5.41) is 4.05. The van der Waals surface area contributed by atoms with E-state index in [1.807, 2.05) is 36.1 Å². The predicted octanol–water partition coefficient (Wildman–Crippen LogP) is 3.38. The van der Waals surface area contributed by atoms with E-state index in [-0.39, 0.29) is 11.9 Å². The summed E-state index contributed by atoms with van der Waals surface area (Å²) in [6.45, 7) is 6.88. The second-order valence-corrected chi connectivity index (χ2v) is 6.16. The van der Waals surface area contributed by atoms with Crippen LogP contribution in [0, 0.1) is 5.92 Å². The van der Waals surface area contributed by atoms with Crippen LogP contribution in [0.25, 0.3) is 0 Å². The van der Waals surface area contributed by atoms with Crippen molar-refractivity contribution in [2.24, 2.45) is 5.92 Å². The molecule has 0 spiro atoms. The third kappa shape index (κ3) is 2.63. The monoisotopic (exact) mass is 299 g/mol. The fourth-order valence-electron chi connectivity index (χ4n) is 2.91. The zero-order chi connectivity index (χ0) is 15.7. The molecule has 2 heterocycles. The summed E-state index contributed by atoms with van der Waals surface area (Å²) in [4.78, 5) is 18.9. The van der Waals surface area contributed by atoms with E-state index in [4.69, 9.17) is 4.52 Å². The van der Waals surface area contributed by atoms with Crippen molar-refractivity contribution >= 4 is 5.91 Å². The molecule has 116 valence electrons. The van der Waals surface area contributed by atoms with Gasteiger partial charge in [-0.1, -0.05) is 44.1 Å². The van der Waals surface area contributed by atoms with Gasteiger partial charge < -0.3 is 9.42 Å². The normalized spacial score (nSPS) is 15.5. The lowest BCUT2D eigenvalue weighted by Crippen LogP contribution is -2.29. The Morgan fingerprint density at radius 2 is 2.09 bits per heavy atom. The summed E-state index contributed by atoms with van der Waals surface area (Å²) < 4.78 is 5.42. The smallest absolute Gasteiger partial charge is 0.255 e. The van der Waals surface area contributed by atoms with Gasteiger partial charge in [0.15, 0.2) is 5.82 Å². The molecule has 0 saturated heterocycles. The minimum atomic E-state index is -0.159. The van der Waals surface area contributed by atoms with Crippen LogP contribution in [0.15, 0.2) is 28.8 Å². The highest BCUT2D eigenvalue weighted by molar-refractivity contribution is 5.98. The molecule has 1 aliphatic heterocycles. The fourth-order valence-corrected chi connectivity index (χ4v) is 2.91. The van der Waals surface area contributed by atoms with Crippen LogP contribution in [-0.2, 0) is 13.0 Å². The van der Waals surface area contributed by atoms with Gasteiger partial charge in [-0.2, -0.15) is 4.98 Å². The van der Waals surface area contributed by atoms with E-state index in [0.29, 0.717) is 24.2 Å². The second kappa shape index (κ2) is 5.91. The molecular formula is C17H21N3O2. The lowest BCUT2D eigenvalue weighted by molar-refractivity contribution is 0.0658. The quantitative estimate of drug-likeness (QED) is 0.849. The SMILES string of the molecule is CC[C@H](c1nc(CC(C)C)no1)N1Cc2ccccc2C1=O. The third-order valence-corrected chi connectivity index (χ3v) is 3.97. The molecule has 1 amide bonds. The number of rotatable bonds is 5. The summed E-state index contributed by atoms with van der Waals surface area (Å²) in [6, 6.07) is 7.58. The maximum Gasteiger partial charge on any atom is 0.255 e. The highest BCUT2D eigenvalue weighted by Gasteiger charge is 2.35. The Hall–Kier alpha value is -2.17. The van der Waals surface area contributed by atoms with Gasteiger partial charge in [0.25, 0.3) is 5.91 Å². The lowest BCUT2D eigenvalue weighted by atomic mass is 10.1. The molecule has 0 aliphatic carbocycles. The van der Waals surface area contributed by atoms with Crippen LogP contribution >= 0.6 is 0 Å². The zero-order valence-corrected chi connectivity index (χ0v) is 13.2. The number of hydrogen-bond acceptors (Lipinski definition) is 4. The Labute approximate surface area is 130 Å². The minimum Gasteiger partial charge on any atom is -0.337 e. The first kappa shape index (κ1) is 14.8. The Kier molecular flexibility index (Phi) is 3.96. The summed E-state index contributed by atoms with van der Waals surface area (Å²) in [6.07, 6.45) is 1.54. The van der Waals surface area contributed by atoms with E-state index < -0.39 is 0 Å². The van der Waals surface area contributed by atoms with Crippen molar-refractivity contribution in [2.75, 3.05) is 0 Å². The average molecular weight is 299 g/mol. The zero-order valence-electron chi connectivity index (χ0n) is 13.2. The summed E-state index contributed by atoms with van der Waals surface area (Å²) in [7, 11) is 0. The molecule has 0 bridgehead atoms. The van der Waals surface area contributed by atoms with Crippen molar-refractivity contribution in [1.29, 1.82) is 0 Å². The predicted molar refractivity (Wildman–Crippen MR) is 82.2 cm³/mol. The first-order chi connectivity index (χ1) is 10.6. The highest BCUT2D eigenvalue weighted by atomic mass is 16.5. The summed E-state index contributed by atoms with van der Waals surface area (Å²) >= 11 is 0. The molecule has 5 heteroatoms. The molecule has 3 rings (SSSR count). The van der Waals surface area contributed by atoms with Gasteiger partial charge in [-0.15, -0.1) is 0 Å². The molecule has 0 unspecified atom stereocenters. The molecule has 0 saturated carbocycles. The molecule has 0 fully saturated rings. The number of aromatic nitrogens is 2. The number of carbonyl (C=O) groups excluding carboxylic acids is 1. The first-order valence-corrected chi connectivity index (χ1v) is 7.81. The van der Waals surface area contributed by atoms with E-state index in [0.717, 1.165) is 24.0 Å². The van der Waals surface area contributed by atoms with Crippen molar-refractivity contribution in [1.82, 2.24) is 15.0 Å². The van der Waals surface area contributed by atoms with Crippen LogP contribution in [-0.4, -0.2) is 20.9 Å². The fraction of sp³-hybridized carbons (Fsp3) is 0.471. The van der Waals surface area contributed by atoms with Gasteiger partial charge in [0, 0.05) is 18.5 Å². The molecular weight excluding hydrogens is 278 g/mol. The molecule has 1 aromatic carbocycles. The van der Waals surface area contributed by atoms with Gasteiger partial charge in [-0.25, -0.2) is 0 Å². The van der Waals surface area contributed by atoms with E-state index >= 15 is 0 Å². The molecule has 1 aromatic heterocycles. The minimum absolute atomic E-state index is 0.0473. The maximum absolute atomic E-state index is 12.6. The number of amides is 1. The largest absolute Gasteiger partial charge is 0.337 e. The number of nitrogens with zero attached hydrogens (tertiary/aromatic N) is 3. The van der Waals surface area contributed by atoms with E-state index in [1.165, 1.54) is 0 Å². The Bertz CT molecular complexity index is 678. The molecule has 0 radical (unpaired) electrons. The van der Waals surface area contributed by atoms with Crippen molar-refractivity contribution in [3.8, 4) is 0 Å². The second-order valence-electron chi connectivity index (χ2n) is 6.16. The summed E-state index contributed by atoms with van der Waals surface area (Å²) in [5.41, 5.74) is 1.84. The number of hydrogen-bond donors (Lipinski definition) is 0. The van der Waals surface area contributed by atoms with Gasteiger partial charge in [-0.05, 0) is 24.0 Å². The van der Waals surface area contributed by atoms with Gasteiger partial charge in [0.05, 0.1) is 0 Å². The Morgan fingerprint density at radius 1 is 1.32 bits per heavy atom. The molecule has 5 nitrogen and oxygen atoms in total. The van der Waals surface area contributed by atoms with Crippen LogP contribution in [0.1, 0.15) is 60.9 Å². The van der Waals surface area contributed by atoms with Crippen LogP contribution in [0.3, 0.4) is 0 Å². The standard InChI is InChI=1S/C17H21N3O2/c1-4-14(16-18-15(19-22-16)9-11(2)3)20-10-12-7-5-6-8-13(12)17(20)21/h5-8,11,14H,4,9-10H2,1-3H3/t14-/m1/s1. The molecule has 0 N–H and O–H groups in total. The van der Waals surface area contributed by atoms with Gasteiger partial charge >= 0.3 is 0 Å². The molecule has 22 heavy (non-hydrogen) atoms.